The van der Waals surface area contributed by atoms with Gasteiger partial charge in [0.25, 0.3) is 0 Å². The van der Waals surface area contributed by atoms with Crippen molar-refractivity contribution in [3.8, 4) is 0 Å². The van der Waals surface area contributed by atoms with Crippen LogP contribution in [-0.2, 0) is 9.53 Å². The van der Waals surface area contributed by atoms with Crippen molar-refractivity contribution in [1.82, 2.24) is 9.80 Å². The van der Waals surface area contributed by atoms with Crippen LogP contribution in [0.4, 0.5) is 0 Å². The van der Waals surface area contributed by atoms with Crippen LogP contribution in [0.2, 0.25) is 0 Å². The third kappa shape index (κ3) is 5.09. The summed E-state index contributed by atoms with van der Waals surface area (Å²) in [6.45, 7) is 1.11. The maximum atomic E-state index is 12.6. The lowest BCUT2D eigenvalue weighted by Crippen LogP contribution is -2.42. The van der Waals surface area contributed by atoms with E-state index in [9.17, 15) is 9.90 Å². The summed E-state index contributed by atoms with van der Waals surface area (Å²) in [5.41, 5.74) is 1.22. The van der Waals surface area contributed by atoms with Crippen molar-refractivity contribution in [2.24, 2.45) is 0 Å². The van der Waals surface area contributed by atoms with Crippen LogP contribution >= 0.6 is 0 Å². The number of hydrogen-bond donors (Lipinski definition) is 1. The summed E-state index contributed by atoms with van der Waals surface area (Å²) in [5.74, 6) is 0.165. The molecule has 1 atom stereocenters. The summed E-state index contributed by atoms with van der Waals surface area (Å²) in [5, 5.41) is 9.74. The van der Waals surface area contributed by atoms with Gasteiger partial charge < -0.3 is 14.7 Å². The molecular formula is C16H28N2O3. The summed E-state index contributed by atoms with van der Waals surface area (Å²) >= 11 is 0. The molecule has 0 bridgehead atoms. The first-order chi connectivity index (χ1) is 10.1. The van der Waals surface area contributed by atoms with Crippen molar-refractivity contribution in [3.63, 3.8) is 0 Å². The van der Waals surface area contributed by atoms with Gasteiger partial charge in [0.1, 0.15) is 0 Å². The van der Waals surface area contributed by atoms with Gasteiger partial charge in [-0.15, -0.1) is 0 Å². The van der Waals surface area contributed by atoms with Gasteiger partial charge in [-0.2, -0.15) is 0 Å². The van der Waals surface area contributed by atoms with Crippen LogP contribution in [0.15, 0.2) is 11.8 Å². The number of aliphatic hydroxyl groups is 1. The van der Waals surface area contributed by atoms with Gasteiger partial charge in [-0.25, -0.2) is 0 Å². The van der Waals surface area contributed by atoms with Crippen molar-refractivity contribution in [3.05, 3.63) is 11.8 Å². The molecule has 0 aliphatic heterocycles. The predicted molar refractivity (Wildman–Crippen MR) is 81.8 cm³/mol. The highest BCUT2D eigenvalue weighted by Crippen LogP contribution is 2.33. The van der Waals surface area contributed by atoms with Crippen molar-refractivity contribution in [2.75, 3.05) is 33.9 Å². The second-order valence-corrected chi connectivity index (χ2v) is 6.24. The van der Waals surface area contributed by atoms with E-state index in [0.29, 0.717) is 25.7 Å². The van der Waals surface area contributed by atoms with Gasteiger partial charge in [0.2, 0.25) is 5.91 Å². The van der Waals surface area contributed by atoms with Crippen molar-refractivity contribution in [2.45, 2.75) is 50.7 Å². The molecule has 0 radical (unpaired) electrons. The molecule has 0 saturated heterocycles. The zero-order valence-electron chi connectivity index (χ0n) is 13.3. The van der Waals surface area contributed by atoms with Gasteiger partial charge in [0.15, 0.2) is 0 Å². The smallest absolute Gasteiger partial charge is 0.241 e. The number of nitrogens with zero attached hydrogens (tertiary/aromatic N) is 2. The van der Waals surface area contributed by atoms with E-state index in [4.69, 9.17) is 4.74 Å². The van der Waals surface area contributed by atoms with E-state index in [1.165, 1.54) is 18.5 Å². The van der Waals surface area contributed by atoms with Crippen LogP contribution in [0.1, 0.15) is 38.5 Å². The van der Waals surface area contributed by atoms with Gasteiger partial charge in [-0.05, 0) is 45.6 Å². The van der Waals surface area contributed by atoms with Crippen molar-refractivity contribution < 1.29 is 14.6 Å². The summed E-state index contributed by atoms with van der Waals surface area (Å²) in [7, 11) is 3.44. The number of methoxy groups -OCH3 is 1. The molecule has 1 saturated carbocycles. The second-order valence-electron chi connectivity index (χ2n) is 6.24. The van der Waals surface area contributed by atoms with Crippen LogP contribution < -0.4 is 0 Å². The Kier molecular flexibility index (Phi) is 6.21. The summed E-state index contributed by atoms with van der Waals surface area (Å²) in [6, 6.07) is 0.416. The molecule has 2 aliphatic carbocycles. The van der Waals surface area contributed by atoms with Gasteiger partial charge >= 0.3 is 0 Å². The number of rotatable bonds is 8. The molecule has 120 valence electrons. The van der Waals surface area contributed by atoms with Crippen LogP contribution in [0.3, 0.4) is 0 Å². The molecule has 0 aromatic heterocycles. The molecule has 0 aromatic rings. The topological polar surface area (TPSA) is 53.0 Å². The lowest BCUT2D eigenvalue weighted by Gasteiger charge is -2.30. The molecule has 5 nitrogen and oxygen atoms in total. The minimum absolute atomic E-state index is 0.165. The first kappa shape index (κ1) is 16.5. The average molecular weight is 296 g/mol. The number of allylic oxidation sites excluding steroid dienone is 2. The quantitative estimate of drug-likeness (QED) is 0.735. The first-order valence-corrected chi connectivity index (χ1v) is 7.98. The van der Waals surface area contributed by atoms with Gasteiger partial charge in [-0.1, -0.05) is 6.08 Å². The maximum absolute atomic E-state index is 12.6. The first-order valence-electron chi connectivity index (χ1n) is 7.98. The Morgan fingerprint density at radius 3 is 2.81 bits per heavy atom. The van der Waals surface area contributed by atoms with Crippen LogP contribution in [0, 0.1) is 0 Å². The number of carbonyl (C=O) groups excluding carboxylic acids is 1. The number of aliphatic hydroxyl groups excluding tert-OH is 1. The number of likely N-dealkylation sites (N-methyl/N-ethyl adjacent to an activating group) is 1. The molecule has 2 aliphatic rings. The fourth-order valence-electron chi connectivity index (χ4n) is 2.95. The summed E-state index contributed by atoms with van der Waals surface area (Å²) in [4.78, 5) is 16.5. The molecular weight excluding hydrogens is 268 g/mol. The Labute approximate surface area is 127 Å². The lowest BCUT2D eigenvalue weighted by molar-refractivity contribution is -0.131. The molecule has 1 amide bonds. The molecule has 0 heterocycles. The highest BCUT2D eigenvalue weighted by atomic mass is 16.5. The molecule has 1 unspecified atom stereocenters. The standard InChI is InChI=1S/C16H28N2O3/c1-17(10-15(19)12-21-2)11-16(20)18(14-8-9-14)13-6-4-3-5-7-13/h6,14-15,19H,3-5,7-12H2,1-2H3. The Bertz CT molecular complexity index is 380. The van der Waals surface area contributed by atoms with Gasteiger partial charge in [-0.3, -0.25) is 9.69 Å². The monoisotopic (exact) mass is 296 g/mol. The highest BCUT2D eigenvalue weighted by Gasteiger charge is 2.35. The van der Waals surface area contributed by atoms with Crippen LogP contribution in [0.25, 0.3) is 0 Å². The predicted octanol–water partition coefficient (Wildman–Crippen LogP) is 1.37. The number of hydrogen-bond acceptors (Lipinski definition) is 4. The zero-order valence-corrected chi connectivity index (χ0v) is 13.3. The van der Waals surface area contributed by atoms with E-state index >= 15 is 0 Å². The fourth-order valence-corrected chi connectivity index (χ4v) is 2.95. The Morgan fingerprint density at radius 2 is 2.24 bits per heavy atom. The minimum Gasteiger partial charge on any atom is -0.389 e. The summed E-state index contributed by atoms with van der Waals surface area (Å²) in [6.07, 6.45) is 8.48. The van der Waals surface area contributed by atoms with E-state index < -0.39 is 6.10 Å². The van der Waals surface area contributed by atoms with Crippen LogP contribution in [0.5, 0.6) is 0 Å². The Balaban J connectivity index is 1.88. The van der Waals surface area contributed by atoms with E-state index in [1.54, 1.807) is 7.11 Å². The van der Waals surface area contributed by atoms with Crippen molar-refractivity contribution >= 4 is 5.91 Å². The third-order valence-electron chi connectivity index (χ3n) is 4.04. The zero-order chi connectivity index (χ0) is 15.2. The SMILES string of the molecule is COCC(O)CN(C)CC(=O)N(C1=CCCCC1)C1CC1. The number of ether oxygens (including phenoxy) is 1. The van der Waals surface area contributed by atoms with Crippen molar-refractivity contribution in [1.29, 1.82) is 0 Å². The van der Waals surface area contributed by atoms with E-state index in [0.717, 1.165) is 25.7 Å². The highest BCUT2D eigenvalue weighted by molar-refractivity contribution is 5.80. The largest absolute Gasteiger partial charge is 0.389 e. The summed E-state index contributed by atoms with van der Waals surface area (Å²) < 4.78 is 4.92. The molecule has 5 heteroatoms. The van der Waals surface area contributed by atoms with E-state index in [1.807, 2.05) is 16.8 Å². The molecule has 0 spiro atoms. The fraction of sp³-hybridized carbons (Fsp3) is 0.812. The lowest BCUT2D eigenvalue weighted by atomic mass is 10.0. The second kappa shape index (κ2) is 7.92. The normalized spacial score (nSPS) is 20.3. The Hall–Kier alpha value is -0.910. The Morgan fingerprint density at radius 1 is 1.48 bits per heavy atom. The number of carbonyl (C=O) groups is 1. The van der Waals surface area contributed by atoms with Crippen LogP contribution in [-0.4, -0.2) is 66.8 Å². The molecule has 1 fully saturated rings. The average Bonchev–Trinajstić information content (AvgIpc) is 3.24. The third-order valence-corrected chi connectivity index (χ3v) is 4.04. The van der Waals surface area contributed by atoms with E-state index in [2.05, 4.69) is 6.08 Å². The number of amides is 1. The molecule has 2 rings (SSSR count). The van der Waals surface area contributed by atoms with Gasteiger partial charge in [0.05, 0.1) is 19.3 Å². The molecule has 21 heavy (non-hydrogen) atoms. The minimum atomic E-state index is -0.545. The maximum Gasteiger partial charge on any atom is 0.241 e. The van der Waals surface area contributed by atoms with E-state index in [-0.39, 0.29) is 5.91 Å². The molecule has 0 aromatic carbocycles. The molecule has 1 N–H and O–H groups in total. The van der Waals surface area contributed by atoms with Gasteiger partial charge in [0, 0.05) is 25.4 Å².